The molecule has 0 bridgehead atoms. The summed E-state index contributed by atoms with van der Waals surface area (Å²) in [7, 11) is 0. The number of nitrogens with two attached hydrogens (primary N) is 1. The first-order valence-electron chi connectivity index (χ1n) is 6.47. The lowest BCUT2D eigenvalue weighted by Crippen LogP contribution is -2.02. The number of hydrogen-bond acceptors (Lipinski definition) is 3. The van der Waals surface area contributed by atoms with Gasteiger partial charge in [0.2, 0.25) is 0 Å². The maximum absolute atomic E-state index is 9.27. The Morgan fingerprint density at radius 2 is 1.53 bits per heavy atom. The molecule has 0 spiro atoms. The van der Waals surface area contributed by atoms with Crippen LogP contribution in [0.25, 0.3) is 0 Å². The molecule has 3 nitrogen and oxygen atoms in total. The van der Waals surface area contributed by atoms with Gasteiger partial charge in [-0.15, -0.1) is 0 Å². The molecule has 0 saturated carbocycles. The van der Waals surface area contributed by atoms with E-state index in [1.165, 1.54) is 0 Å². The smallest absolute Gasteiger partial charge is 0.127 e. The van der Waals surface area contributed by atoms with Crippen LogP contribution in [-0.2, 0) is 0 Å². The zero-order chi connectivity index (χ0) is 13.7. The first-order valence-corrected chi connectivity index (χ1v) is 6.47. The van der Waals surface area contributed by atoms with Crippen molar-refractivity contribution in [1.29, 1.82) is 0 Å². The maximum atomic E-state index is 9.27. The molecule has 0 amide bonds. The molecule has 0 aliphatic carbocycles. The summed E-state index contributed by atoms with van der Waals surface area (Å²) in [6.45, 7) is 2.24. The van der Waals surface area contributed by atoms with Crippen molar-refractivity contribution in [2.45, 2.75) is 19.3 Å². The van der Waals surface area contributed by atoms with Crippen molar-refractivity contribution in [3.05, 3.63) is 54.1 Å². The van der Waals surface area contributed by atoms with Crippen molar-refractivity contribution >= 4 is 5.69 Å². The molecular formula is C16H19NO2. The molecular weight excluding hydrogens is 238 g/mol. The summed E-state index contributed by atoms with van der Waals surface area (Å²) < 4.78 is 5.72. The van der Waals surface area contributed by atoms with Crippen molar-refractivity contribution < 1.29 is 9.84 Å². The van der Waals surface area contributed by atoms with Crippen LogP contribution in [0, 0.1) is 0 Å². The topological polar surface area (TPSA) is 55.5 Å². The number of aliphatic hydroxyl groups excluding tert-OH is 1. The van der Waals surface area contributed by atoms with Crippen LogP contribution in [0.4, 0.5) is 5.69 Å². The van der Waals surface area contributed by atoms with Gasteiger partial charge in [0.05, 0.1) is 0 Å². The molecule has 1 unspecified atom stereocenters. The highest BCUT2D eigenvalue weighted by Crippen LogP contribution is 2.25. The SMILES string of the molecule is CCC(CO)c1ccc(Oc2ccc(N)cc2)cc1. The summed E-state index contributed by atoms with van der Waals surface area (Å²) in [6, 6.07) is 15.1. The first-order chi connectivity index (χ1) is 9.22. The van der Waals surface area contributed by atoms with E-state index in [0.29, 0.717) is 0 Å². The maximum Gasteiger partial charge on any atom is 0.127 e. The van der Waals surface area contributed by atoms with Crippen molar-refractivity contribution in [2.75, 3.05) is 12.3 Å². The van der Waals surface area contributed by atoms with Crippen molar-refractivity contribution in [2.24, 2.45) is 0 Å². The van der Waals surface area contributed by atoms with E-state index in [0.717, 1.165) is 29.2 Å². The highest BCUT2D eigenvalue weighted by molar-refractivity contribution is 5.43. The monoisotopic (exact) mass is 257 g/mol. The van der Waals surface area contributed by atoms with E-state index >= 15 is 0 Å². The third kappa shape index (κ3) is 3.48. The average molecular weight is 257 g/mol. The molecule has 0 heterocycles. The zero-order valence-corrected chi connectivity index (χ0v) is 11.0. The van der Waals surface area contributed by atoms with E-state index in [4.69, 9.17) is 10.5 Å². The van der Waals surface area contributed by atoms with Crippen LogP contribution in [-0.4, -0.2) is 11.7 Å². The highest BCUT2D eigenvalue weighted by atomic mass is 16.5. The molecule has 0 aliphatic rings. The average Bonchev–Trinajstić information content (AvgIpc) is 2.44. The van der Waals surface area contributed by atoms with Crippen LogP contribution in [0.15, 0.2) is 48.5 Å². The second-order valence-corrected chi connectivity index (χ2v) is 4.53. The third-order valence-electron chi connectivity index (χ3n) is 3.18. The van der Waals surface area contributed by atoms with E-state index in [1.54, 1.807) is 0 Å². The number of anilines is 1. The number of ether oxygens (including phenoxy) is 1. The van der Waals surface area contributed by atoms with Crippen LogP contribution in [0.3, 0.4) is 0 Å². The highest BCUT2D eigenvalue weighted by Gasteiger charge is 2.07. The fourth-order valence-corrected chi connectivity index (χ4v) is 1.95. The molecule has 2 aromatic carbocycles. The molecule has 0 radical (unpaired) electrons. The third-order valence-corrected chi connectivity index (χ3v) is 3.18. The Bertz CT molecular complexity index is 501. The minimum atomic E-state index is 0.175. The van der Waals surface area contributed by atoms with Gasteiger partial charge in [0.1, 0.15) is 11.5 Å². The molecule has 3 heteroatoms. The summed E-state index contributed by atoms with van der Waals surface area (Å²) in [5, 5.41) is 9.27. The Kier molecular flexibility index (Phi) is 4.42. The molecule has 0 fully saturated rings. The van der Waals surface area contributed by atoms with Crippen LogP contribution in [0.5, 0.6) is 11.5 Å². The van der Waals surface area contributed by atoms with Crippen molar-refractivity contribution in [1.82, 2.24) is 0 Å². The van der Waals surface area contributed by atoms with E-state index in [1.807, 2.05) is 48.5 Å². The fraction of sp³-hybridized carbons (Fsp3) is 0.250. The summed E-state index contributed by atoms with van der Waals surface area (Å²) in [4.78, 5) is 0. The molecule has 0 saturated heterocycles. The molecule has 1 atom stereocenters. The second kappa shape index (κ2) is 6.25. The van der Waals surface area contributed by atoms with Gasteiger partial charge in [-0.25, -0.2) is 0 Å². The van der Waals surface area contributed by atoms with E-state index in [-0.39, 0.29) is 12.5 Å². The van der Waals surface area contributed by atoms with Crippen molar-refractivity contribution in [3.63, 3.8) is 0 Å². The second-order valence-electron chi connectivity index (χ2n) is 4.53. The molecule has 0 aromatic heterocycles. The Hall–Kier alpha value is -2.00. The minimum absolute atomic E-state index is 0.175. The summed E-state index contributed by atoms with van der Waals surface area (Å²) in [5.74, 6) is 1.74. The van der Waals surface area contributed by atoms with Gasteiger partial charge < -0.3 is 15.6 Å². The zero-order valence-electron chi connectivity index (χ0n) is 11.0. The van der Waals surface area contributed by atoms with Crippen molar-refractivity contribution in [3.8, 4) is 11.5 Å². The predicted molar refractivity (Wildman–Crippen MR) is 77.5 cm³/mol. The molecule has 0 aliphatic heterocycles. The molecule has 2 rings (SSSR count). The predicted octanol–water partition coefficient (Wildman–Crippen LogP) is 3.55. The van der Waals surface area contributed by atoms with Gasteiger partial charge in [0, 0.05) is 18.2 Å². The van der Waals surface area contributed by atoms with E-state index in [9.17, 15) is 5.11 Å². The van der Waals surface area contributed by atoms with Gasteiger partial charge in [-0.1, -0.05) is 19.1 Å². The lowest BCUT2D eigenvalue weighted by molar-refractivity contribution is 0.262. The largest absolute Gasteiger partial charge is 0.457 e. The number of hydrogen-bond donors (Lipinski definition) is 2. The molecule has 3 N–H and O–H groups in total. The Morgan fingerprint density at radius 3 is 2.00 bits per heavy atom. The fourth-order valence-electron chi connectivity index (χ4n) is 1.95. The van der Waals surface area contributed by atoms with Gasteiger partial charge in [-0.05, 0) is 48.4 Å². The van der Waals surface area contributed by atoms with E-state index < -0.39 is 0 Å². The number of nitrogen functional groups attached to an aromatic ring is 1. The van der Waals surface area contributed by atoms with Crippen LogP contribution >= 0.6 is 0 Å². The lowest BCUT2D eigenvalue weighted by atomic mass is 9.97. The standard InChI is InChI=1S/C16H19NO2/c1-2-12(11-18)13-3-7-15(8-4-13)19-16-9-5-14(17)6-10-16/h3-10,12,18H,2,11,17H2,1H3. The van der Waals surface area contributed by atoms with E-state index in [2.05, 4.69) is 6.92 Å². The van der Waals surface area contributed by atoms with Crippen LogP contribution < -0.4 is 10.5 Å². The first kappa shape index (κ1) is 13.4. The van der Waals surface area contributed by atoms with Gasteiger partial charge in [-0.2, -0.15) is 0 Å². The van der Waals surface area contributed by atoms with Gasteiger partial charge in [0.15, 0.2) is 0 Å². The molecule has 19 heavy (non-hydrogen) atoms. The van der Waals surface area contributed by atoms with Gasteiger partial charge >= 0.3 is 0 Å². The van der Waals surface area contributed by atoms with Crippen LogP contribution in [0.1, 0.15) is 24.8 Å². The summed E-state index contributed by atoms with van der Waals surface area (Å²) in [6.07, 6.45) is 0.925. The Morgan fingerprint density at radius 1 is 1.00 bits per heavy atom. The normalized spacial score (nSPS) is 12.1. The molecule has 2 aromatic rings. The van der Waals surface area contributed by atoms with Gasteiger partial charge in [0.25, 0.3) is 0 Å². The van der Waals surface area contributed by atoms with Gasteiger partial charge in [-0.3, -0.25) is 0 Å². The number of rotatable bonds is 5. The minimum Gasteiger partial charge on any atom is -0.457 e. The quantitative estimate of drug-likeness (QED) is 0.805. The lowest BCUT2D eigenvalue weighted by Gasteiger charge is -2.12. The number of aliphatic hydroxyl groups is 1. The Balaban J connectivity index is 2.08. The van der Waals surface area contributed by atoms with Crippen LogP contribution in [0.2, 0.25) is 0 Å². The Labute approximate surface area is 113 Å². The number of benzene rings is 2. The molecule has 100 valence electrons. The summed E-state index contributed by atoms with van der Waals surface area (Å²) in [5.41, 5.74) is 7.48. The summed E-state index contributed by atoms with van der Waals surface area (Å²) >= 11 is 0.